The number of aryl methyl sites for hydroxylation is 2. The van der Waals surface area contributed by atoms with Crippen LogP contribution in [0.4, 0.5) is 5.69 Å². The summed E-state index contributed by atoms with van der Waals surface area (Å²) < 4.78 is 37.7. The second-order valence-corrected chi connectivity index (χ2v) is 11.8. The molecule has 2 aliphatic heterocycles. The van der Waals surface area contributed by atoms with Gasteiger partial charge in [-0.25, -0.2) is 13.2 Å². The van der Waals surface area contributed by atoms with Crippen LogP contribution in [-0.4, -0.2) is 58.5 Å². The molecule has 0 saturated carbocycles. The molecular weight excluding hydrogens is 528 g/mol. The first-order chi connectivity index (χ1) is 18.1. The van der Waals surface area contributed by atoms with E-state index in [1.807, 2.05) is 36.1 Å². The second-order valence-electron chi connectivity index (χ2n) is 9.48. The molecule has 3 aromatic rings. The summed E-state index contributed by atoms with van der Waals surface area (Å²) in [5.41, 5.74) is 3.44. The standard InChI is InChI=1S/C28H27ClN2O6S/c1-17-6-4-5-7-22(17)27(32)31-10-8-30(9-11-31)21-13-20-16-38(34,35)24-14-19(28(33)36-3)12-18(2)25(24)37-26(20)23(29)15-21/h4-7,12-15H,8-11,16H2,1-3H3. The molecule has 5 rings (SSSR count). The predicted octanol–water partition coefficient (Wildman–Crippen LogP) is 4.79. The minimum absolute atomic E-state index is 0.00154. The summed E-state index contributed by atoms with van der Waals surface area (Å²) >= 11 is 6.65. The Morgan fingerprint density at radius 2 is 1.66 bits per heavy atom. The Morgan fingerprint density at radius 3 is 2.34 bits per heavy atom. The van der Waals surface area contributed by atoms with Crippen molar-refractivity contribution in [1.82, 2.24) is 4.90 Å². The van der Waals surface area contributed by atoms with E-state index in [1.165, 1.54) is 19.2 Å². The molecule has 0 radical (unpaired) electrons. The first kappa shape index (κ1) is 26.1. The lowest BCUT2D eigenvalue weighted by Gasteiger charge is -2.36. The minimum Gasteiger partial charge on any atom is -0.465 e. The molecule has 0 bridgehead atoms. The fourth-order valence-corrected chi connectivity index (χ4v) is 6.76. The van der Waals surface area contributed by atoms with Gasteiger partial charge in [-0.3, -0.25) is 4.79 Å². The van der Waals surface area contributed by atoms with E-state index in [4.69, 9.17) is 21.1 Å². The zero-order valence-corrected chi connectivity index (χ0v) is 22.9. The molecule has 0 aliphatic carbocycles. The number of hydrogen-bond donors (Lipinski definition) is 0. The number of amides is 1. The summed E-state index contributed by atoms with van der Waals surface area (Å²) in [7, 11) is -2.62. The summed E-state index contributed by atoms with van der Waals surface area (Å²) in [5.74, 6) is -0.539. The number of fused-ring (bicyclic) bond motifs is 2. The Bertz CT molecular complexity index is 1560. The summed E-state index contributed by atoms with van der Waals surface area (Å²) in [6, 6.07) is 13.9. The minimum atomic E-state index is -3.86. The van der Waals surface area contributed by atoms with Gasteiger partial charge in [-0.2, -0.15) is 0 Å². The number of rotatable bonds is 3. The van der Waals surface area contributed by atoms with Crippen LogP contribution < -0.4 is 9.64 Å². The van der Waals surface area contributed by atoms with Crippen molar-refractivity contribution in [2.24, 2.45) is 0 Å². The Labute approximate surface area is 226 Å². The number of methoxy groups -OCH3 is 1. The fraction of sp³-hybridized carbons (Fsp3) is 0.286. The molecule has 0 spiro atoms. The molecule has 3 aromatic carbocycles. The van der Waals surface area contributed by atoms with Crippen LogP contribution in [-0.2, 0) is 20.3 Å². The summed E-state index contributed by atoms with van der Waals surface area (Å²) in [4.78, 5) is 28.9. The number of nitrogens with zero attached hydrogens (tertiary/aromatic N) is 2. The molecule has 10 heteroatoms. The smallest absolute Gasteiger partial charge is 0.337 e. The third-order valence-corrected chi connectivity index (χ3v) is 8.90. The highest BCUT2D eigenvalue weighted by Crippen LogP contribution is 2.45. The van der Waals surface area contributed by atoms with Crippen molar-refractivity contribution in [2.75, 3.05) is 38.2 Å². The Balaban J connectivity index is 1.41. The first-order valence-electron chi connectivity index (χ1n) is 12.1. The maximum Gasteiger partial charge on any atom is 0.337 e. The number of piperazine rings is 1. The van der Waals surface area contributed by atoms with Crippen LogP contribution in [0.3, 0.4) is 0 Å². The summed E-state index contributed by atoms with van der Waals surface area (Å²) in [6.45, 7) is 5.79. The van der Waals surface area contributed by atoms with Crippen LogP contribution in [0.25, 0.3) is 0 Å². The highest BCUT2D eigenvalue weighted by atomic mass is 35.5. The van der Waals surface area contributed by atoms with Gasteiger partial charge in [-0.15, -0.1) is 0 Å². The van der Waals surface area contributed by atoms with Gasteiger partial charge in [-0.05, 0) is 55.3 Å². The number of anilines is 1. The number of carbonyl (C=O) groups excluding carboxylic acids is 2. The molecule has 0 N–H and O–H groups in total. The SMILES string of the molecule is COC(=O)c1cc(C)c2c(c1)S(=O)(=O)Cc1cc(N3CCN(C(=O)c4ccccc4C)CC3)cc(Cl)c1O2. The van der Waals surface area contributed by atoms with E-state index in [1.54, 1.807) is 19.1 Å². The van der Waals surface area contributed by atoms with E-state index in [2.05, 4.69) is 4.90 Å². The largest absolute Gasteiger partial charge is 0.465 e. The summed E-state index contributed by atoms with van der Waals surface area (Å²) in [5, 5.41) is 0.287. The molecule has 38 heavy (non-hydrogen) atoms. The number of sulfone groups is 1. The molecule has 1 saturated heterocycles. The highest BCUT2D eigenvalue weighted by molar-refractivity contribution is 7.90. The lowest BCUT2D eigenvalue weighted by molar-refractivity contribution is 0.0600. The normalized spacial score (nSPS) is 16.1. The van der Waals surface area contributed by atoms with Crippen molar-refractivity contribution < 1.29 is 27.5 Å². The number of benzene rings is 3. The first-order valence-corrected chi connectivity index (χ1v) is 14.2. The van der Waals surface area contributed by atoms with Crippen LogP contribution >= 0.6 is 11.6 Å². The lowest BCUT2D eigenvalue weighted by atomic mass is 10.1. The van der Waals surface area contributed by atoms with Crippen molar-refractivity contribution in [1.29, 1.82) is 0 Å². The van der Waals surface area contributed by atoms with E-state index in [-0.39, 0.29) is 38.6 Å². The van der Waals surface area contributed by atoms with Gasteiger partial charge in [0.2, 0.25) is 0 Å². The van der Waals surface area contributed by atoms with Crippen molar-refractivity contribution >= 4 is 39.0 Å². The molecule has 8 nitrogen and oxygen atoms in total. The van der Waals surface area contributed by atoms with Gasteiger partial charge in [0.1, 0.15) is 16.4 Å². The van der Waals surface area contributed by atoms with Gasteiger partial charge >= 0.3 is 5.97 Å². The van der Waals surface area contributed by atoms with Gasteiger partial charge in [0, 0.05) is 43.0 Å². The van der Waals surface area contributed by atoms with Gasteiger partial charge in [0.05, 0.1) is 23.4 Å². The van der Waals surface area contributed by atoms with Crippen molar-refractivity contribution in [3.63, 3.8) is 0 Å². The molecule has 0 unspecified atom stereocenters. The van der Waals surface area contributed by atoms with E-state index in [0.29, 0.717) is 42.9 Å². The maximum absolute atomic E-state index is 13.4. The Hall–Kier alpha value is -3.56. The van der Waals surface area contributed by atoms with Crippen LogP contribution in [0.2, 0.25) is 5.02 Å². The van der Waals surface area contributed by atoms with Gasteiger partial charge in [0.15, 0.2) is 9.84 Å². The van der Waals surface area contributed by atoms with E-state index in [0.717, 1.165) is 11.3 Å². The third kappa shape index (κ3) is 4.72. The molecule has 0 atom stereocenters. The van der Waals surface area contributed by atoms with Crippen molar-refractivity contribution in [3.05, 3.63) is 81.4 Å². The molecule has 2 aliphatic rings. The zero-order chi connectivity index (χ0) is 27.2. The number of esters is 1. The molecule has 2 heterocycles. The number of ether oxygens (including phenoxy) is 2. The summed E-state index contributed by atoms with van der Waals surface area (Å²) in [6.07, 6.45) is 0. The zero-order valence-electron chi connectivity index (χ0n) is 21.3. The maximum atomic E-state index is 13.4. The number of hydrogen-bond acceptors (Lipinski definition) is 7. The van der Waals surface area contributed by atoms with Crippen molar-refractivity contribution in [3.8, 4) is 11.5 Å². The average Bonchev–Trinajstić information content (AvgIpc) is 3.01. The average molecular weight is 555 g/mol. The second kappa shape index (κ2) is 9.96. The van der Waals surface area contributed by atoms with Crippen molar-refractivity contribution in [2.45, 2.75) is 24.5 Å². The molecule has 198 valence electrons. The number of carbonyl (C=O) groups is 2. The van der Waals surface area contributed by atoms with E-state index in [9.17, 15) is 18.0 Å². The van der Waals surface area contributed by atoms with Gasteiger partial charge in [0.25, 0.3) is 5.91 Å². The lowest BCUT2D eigenvalue weighted by Crippen LogP contribution is -2.49. The quantitative estimate of drug-likeness (QED) is 0.430. The molecule has 1 amide bonds. The monoisotopic (exact) mass is 554 g/mol. The van der Waals surface area contributed by atoms with Crippen LogP contribution in [0.15, 0.2) is 53.4 Å². The van der Waals surface area contributed by atoms with Gasteiger partial charge < -0.3 is 19.3 Å². The molecule has 1 fully saturated rings. The molecular formula is C28H27ClN2O6S. The predicted molar refractivity (Wildman–Crippen MR) is 144 cm³/mol. The molecule has 0 aromatic heterocycles. The highest BCUT2D eigenvalue weighted by Gasteiger charge is 2.32. The van der Waals surface area contributed by atoms with E-state index >= 15 is 0 Å². The van der Waals surface area contributed by atoms with Gasteiger partial charge in [-0.1, -0.05) is 29.8 Å². The third-order valence-electron chi connectivity index (χ3n) is 6.96. The van der Waals surface area contributed by atoms with Crippen LogP contribution in [0.5, 0.6) is 11.5 Å². The van der Waals surface area contributed by atoms with Crippen LogP contribution in [0.1, 0.15) is 37.4 Å². The topological polar surface area (TPSA) is 93.2 Å². The fourth-order valence-electron chi connectivity index (χ4n) is 4.91. The Kier molecular flexibility index (Phi) is 6.83. The van der Waals surface area contributed by atoms with Crippen LogP contribution in [0, 0.1) is 13.8 Å². The van der Waals surface area contributed by atoms with E-state index < -0.39 is 15.8 Å². The Morgan fingerprint density at radius 1 is 0.947 bits per heavy atom. The number of halogens is 1.